The summed E-state index contributed by atoms with van der Waals surface area (Å²) in [6.45, 7) is 2.76. The average molecular weight is 659 g/mol. The maximum absolute atomic E-state index is 14.2. The molecule has 2 amide bonds. The van der Waals surface area contributed by atoms with Gasteiger partial charge in [0.25, 0.3) is 0 Å². The summed E-state index contributed by atoms with van der Waals surface area (Å²) >= 11 is 0. The summed E-state index contributed by atoms with van der Waals surface area (Å²) in [7, 11) is 0. The van der Waals surface area contributed by atoms with Crippen molar-refractivity contribution >= 4 is 35.0 Å². The fraction of sp³-hybridized carbons (Fsp3) is 0.317. The number of hydrogen-bond donors (Lipinski definition) is 2. The Balaban J connectivity index is 1.13. The molecule has 3 heterocycles. The molecule has 1 aromatic heterocycles. The molecule has 0 bridgehead atoms. The lowest BCUT2D eigenvalue weighted by Gasteiger charge is -2.31. The first-order valence-corrected chi connectivity index (χ1v) is 17.2. The SMILES string of the molecule is CCC/C(=C\c1ccc(CO)o1)CC[C@H]1OC[C@H]2C1=C(COc1ccccc1)C[C@H]1C(=O)N(c3ccc(Nc4ccccc4)cc3)C(=O)[C@H]12. The number of carbonyl (C=O) groups is 2. The van der Waals surface area contributed by atoms with E-state index in [2.05, 4.69) is 18.3 Å². The third kappa shape index (κ3) is 6.98. The van der Waals surface area contributed by atoms with Gasteiger partial charge >= 0.3 is 0 Å². The Hall–Kier alpha value is -4.92. The molecule has 0 saturated carbocycles. The molecule has 49 heavy (non-hydrogen) atoms. The van der Waals surface area contributed by atoms with Crippen LogP contribution >= 0.6 is 0 Å². The van der Waals surface area contributed by atoms with E-state index >= 15 is 0 Å². The van der Waals surface area contributed by atoms with Crippen LogP contribution in [0.3, 0.4) is 0 Å². The summed E-state index contributed by atoms with van der Waals surface area (Å²) in [6.07, 6.45) is 5.81. The van der Waals surface area contributed by atoms with Crippen molar-refractivity contribution < 1.29 is 28.6 Å². The van der Waals surface area contributed by atoms with Crippen LogP contribution in [0, 0.1) is 17.8 Å². The number of aliphatic hydroxyl groups excluding tert-OH is 1. The maximum atomic E-state index is 14.2. The Morgan fingerprint density at radius 3 is 2.35 bits per heavy atom. The van der Waals surface area contributed by atoms with Gasteiger partial charge in [-0.2, -0.15) is 0 Å². The maximum Gasteiger partial charge on any atom is 0.238 e. The molecular weight excluding hydrogens is 616 g/mol. The quantitative estimate of drug-likeness (QED) is 0.111. The van der Waals surface area contributed by atoms with Gasteiger partial charge in [-0.15, -0.1) is 0 Å². The number of anilines is 3. The van der Waals surface area contributed by atoms with E-state index in [1.54, 1.807) is 6.07 Å². The van der Waals surface area contributed by atoms with Crippen molar-refractivity contribution in [2.24, 2.45) is 17.8 Å². The summed E-state index contributed by atoms with van der Waals surface area (Å²) in [4.78, 5) is 29.6. The number of fused-ring (bicyclic) bond motifs is 3. The first-order chi connectivity index (χ1) is 24.0. The van der Waals surface area contributed by atoms with Gasteiger partial charge in [0.15, 0.2) is 0 Å². The van der Waals surface area contributed by atoms with Gasteiger partial charge in [0.1, 0.15) is 30.5 Å². The number of imide groups is 1. The van der Waals surface area contributed by atoms with Crippen molar-refractivity contribution in [3.05, 3.63) is 125 Å². The number of hydrogen-bond acceptors (Lipinski definition) is 7. The highest BCUT2D eigenvalue weighted by Crippen LogP contribution is 2.50. The second kappa shape index (κ2) is 14.7. The molecule has 0 spiro atoms. The lowest BCUT2D eigenvalue weighted by Crippen LogP contribution is -2.35. The van der Waals surface area contributed by atoms with Gasteiger partial charge in [0.2, 0.25) is 11.8 Å². The van der Waals surface area contributed by atoms with E-state index in [0.717, 1.165) is 59.7 Å². The van der Waals surface area contributed by atoms with Crippen LogP contribution in [0.5, 0.6) is 5.75 Å². The predicted octanol–water partition coefficient (Wildman–Crippen LogP) is 8.08. The van der Waals surface area contributed by atoms with Crippen LogP contribution in [0.2, 0.25) is 0 Å². The zero-order valence-electron chi connectivity index (χ0n) is 27.7. The van der Waals surface area contributed by atoms with Gasteiger partial charge in [-0.1, -0.05) is 55.3 Å². The zero-order valence-corrected chi connectivity index (χ0v) is 27.7. The van der Waals surface area contributed by atoms with Gasteiger partial charge < -0.3 is 24.3 Å². The summed E-state index contributed by atoms with van der Waals surface area (Å²) in [5, 5.41) is 12.8. The number of allylic oxidation sites excluding steroid dienone is 1. The fourth-order valence-corrected chi connectivity index (χ4v) is 7.59. The van der Waals surface area contributed by atoms with Crippen LogP contribution in [0.4, 0.5) is 17.1 Å². The van der Waals surface area contributed by atoms with E-state index in [1.807, 2.05) is 91.0 Å². The fourth-order valence-electron chi connectivity index (χ4n) is 7.59. The van der Waals surface area contributed by atoms with Crippen molar-refractivity contribution in [2.75, 3.05) is 23.4 Å². The Morgan fingerprint density at radius 1 is 0.898 bits per heavy atom. The summed E-state index contributed by atoms with van der Waals surface area (Å²) < 4.78 is 18.5. The molecule has 7 rings (SSSR count). The van der Waals surface area contributed by atoms with E-state index in [-0.39, 0.29) is 30.4 Å². The van der Waals surface area contributed by atoms with E-state index in [0.29, 0.717) is 31.1 Å². The van der Waals surface area contributed by atoms with Crippen LogP contribution in [0.1, 0.15) is 50.5 Å². The molecule has 252 valence electrons. The third-order valence-corrected chi connectivity index (χ3v) is 9.84. The number of benzene rings is 3. The van der Waals surface area contributed by atoms with E-state index in [4.69, 9.17) is 13.9 Å². The summed E-state index contributed by atoms with van der Waals surface area (Å²) in [5.41, 5.74) is 5.84. The van der Waals surface area contributed by atoms with E-state index in [9.17, 15) is 14.7 Å². The normalized spacial score (nSPS) is 22.0. The first-order valence-electron chi connectivity index (χ1n) is 17.2. The van der Waals surface area contributed by atoms with Crippen LogP contribution in [0.25, 0.3) is 6.08 Å². The highest BCUT2D eigenvalue weighted by atomic mass is 16.5. The summed E-state index contributed by atoms with van der Waals surface area (Å²) in [5.74, 6) is 0.598. The molecule has 3 aromatic carbocycles. The second-order valence-corrected chi connectivity index (χ2v) is 13.0. The monoisotopic (exact) mass is 658 g/mol. The van der Waals surface area contributed by atoms with Crippen LogP contribution in [0.15, 0.2) is 118 Å². The number of carbonyl (C=O) groups excluding carboxylic acids is 2. The van der Waals surface area contributed by atoms with Gasteiger partial charge in [-0.05, 0) is 104 Å². The Bertz CT molecular complexity index is 1830. The van der Waals surface area contributed by atoms with E-state index in [1.165, 1.54) is 10.5 Å². The number of nitrogens with one attached hydrogen (secondary N) is 1. The number of aliphatic hydroxyl groups is 1. The van der Waals surface area contributed by atoms with Crippen LogP contribution in [-0.4, -0.2) is 36.2 Å². The minimum absolute atomic E-state index is 0.131. The highest BCUT2D eigenvalue weighted by Gasteiger charge is 2.57. The van der Waals surface area contributed by atoms with Crippen molar-refractivity contribution in [3.8, 4) is 5.75 Å². The largest absolute Gasteiger partial charge is 0.489 e. The minimum Gasteiger partial charge on any atom is -0.489 e. The molecule has 3 aliphatic rings. The van der Waals surface area contributed by atoms with Crippen LogP contribution in [-0.2, 0) is 20.9 Å². The summed E-state index contributed by atoms with van der Waals surface area (Å²) in [6, 6.07) is 30.7. The van der Waals surface area contributed by atoms with Gasteiger partial charge in [-0.3, -0.25) is 14.5 Å². The number of nitrogens with zero attached hydrogens (tertiary/aromatic N) is 1. The van der Waals surface area contributed by atoms with Crippen molar-refractivity contribution in [3.63, 3.8) is 0 Å². The molecule has 0 radical (unpaired) electrons. The number of rotatable bonds is 13. The highest BCUT2D eigenvalue weighted by molar-refractivity contribution is 6.22. The van der Waals surface area contributed by atoms with Gasteiger partial charge in [-0.25, -0.2) is 0 Å². The molecule has 2 aliphatic heterocycles. The smallest absolute Gasteiger partial charge is 0.238 e. The lowest BCUT2D eigenvalue weighted by atomic mass is 9.69. The standard InChI is InChI=1S/C41H42N2O6/c1-2-9-27(22-33-19-20-34(24-44)49-33)14-21-37-38-28(25-47-32-12-7-4-8-13-32)23-35-39(36(38)26-48-37)41(46)43(40(35)45)31-17-15-30(16-18-31)42-29-10-5-3-6-11-29/h3-8,10-13,15-20,22,35-37,39,42,44H,2,9,14,21,23-26H2,1H3/b27-22+/t35-,36+,37-,39-/m1/s1. The molecule has 8 nitrogen and oxygen atoms in total. The molecule has 4 atom stereocenters. The minimum atomic E-state index is -0.472. The molecule has 8 heteroatoms. The molecule has 4 aromatic rings. The predicted molar refractivity (Wildman–Crippen MR) is 189 cm³/mol. The third-order valence-electron chi connectivity index (χ3n) is 9.84. The molecular formula is C41H42N2O6. The Labute approximate surface area is 287 Å². The number of furan rings is 1. The molecule has 2 N–H and O–H groups in total. The van der Waals surface area contributed by atoms with Crippen molar-refractivity contribution in [2.45, 2.75) is 51.7 Å². The van der Waals surface area contributed by atoms with Crippen molar-refractivity contribution in [1.82, 2.24) is 0 Å². The molecule has 1 aliphatic carbocycles. The van der Waals surface area contributed by atoms with Gasteiger partial charge in [0.05, 0.1) is 30.2 Å². The number of para-hydroxylation sites is 2. The topological polar surface area (TPSA) is 101 Å². The number of ether oxygens (including phenoxy) is 2. The lowest BCUT2D eigenvalue weighted by molar-refractivity contribution is -0.122. The zero-order chi connectivity index (χ0) is 33.7. The second-order valence-electron chi connectivity index (χ2n) is 13.0. The van der Waals surface area contributed by atoms with Crippen LogP contribution < -0.4 is 15.0 Å². The number of amides is 2. The Morgan fingerprint density at radius 2 is 1.63 bits per heavy atom. The molecule has 0 unspecified atom stereocenters. The molecule has 2 saturated heterocycles. The molecule has 2 fully saturated rings. The van der Waals surface area contributed by atoms with Gasteiger partial charge in [0, 0.05) is 17.3 Å². The Kier molecular flexibility index (Phi) is 9.77. The average Bonchev–Trinajstić information content (AvgIpc) is 3.84. The van der Waals surface area contributed by atoms with Crippen molar-refractivity contribution in [1.29, 1.82) is 0 Å². The van der Waals surface area contributed by atoms with E-state index < -0.39 is 11.8 Å². The first kappa shape index (κ1) is 32.6.